The summed E-state index contributed by atoms with van der Waals surface area (Å²) >= 11 is 3.42. The van der Waals surface area contributed by atoms with Gasteiger partial charge in [0.1, 0.15) is 0 Å². The van der Waals surface area contributed by atoms with Crippen LogP contribution in [-0.4, -0.2) is 19.0 Å². The molecule has 4 heteroatoms. The zero-order chi connectivity index (χ0) is 13.5. The van der Waals surface area contributed by atoms with E-state index < -0.39 is 0 Å². The van der Waals surface area contributed by atoms with Gasteiger partial charge in [-0.3, -0.25) is 4.79 Å². The van der Waals surface area contributed by atoms with Crippen LogP contribution in [0.3, 0.4) is 0 Å². The lowest BCUT2D eigenvalue weighted by molar-refractivity contribution is -0.115. The first-order chi connectivity index (χ1) is 9.25. The molecule has 1 fully saturated rings. The summed E-state index contributed by atoms with van der Waals surface area (Å²) in [5, 5.41) is 6.17. The predicted molar refractivity (Wildman–Crippen MR) is 82.2 cm³/mol. The van der Waals surface area contributed by atoms with E-state index in [2.05, 4.69) is 26.6 Å². The third kappa shape index (κ3) is 4.96. The second-order valence-corrected chi connectivity index (χ2v) is 6.02. The molecular weight excluding hydrogens is 304 g/mol. The molecule has 0 spiro atoms. The van der Waals surface area contributed by atoms with Crippen molar-refractivity contribution in [3.63, 3.8) is 0 Å². The third-order valence-corrected chi connectivity index (χ3v) is 4.28. The van der Waals surface area contributed by atoms with Gasteiger partial charge >= 0.3 is 0 Å². The highest BCUT2D eigenvalue weighted by molar-refractivity contribution is 9.10. The Balaban J connectivity index is 1.68. The van der Waals surface area contributed by atoms with E-state index in [4.69, 9.17) is 0 Å². The molecule has 19 heavy (non-hydrogen) atoms. The molecular formula is C15H21BrN2O. The SMILES string of the molecule is O=C(CNCC1CCCCC1)Nc1ccccc1Br. The number of halogens is 1. The lowest BCUT2D eigenvalue weighted by Gasteiger charge is -2.21. The van der Waals surface area contributed by atoms with E-state index in [1.54, 1.807) is 0 Å². The van der Waals surface area contributed by atoms with Gasteiger partial charge in [-0.05, 0) is 53.4 Å². The van der Waals surface area contributed by atoms with Gasteiger partial charge in [0.25, 0.3) is 0 Å². The minimum absolute atomic E-state index is 0.0164. The number of nitrogens with one attached hydrogen (secondary N) is 2. The van der Waals surface area contributed by atoms with Crippen molar-refractivity contribution < 1.29 is 4.79 Å². The highest BCUT2D eigenvalue weighted by atomic mass is 79.9. The van der Waals surface area contributed by atoms with Crippen molar-refractivity contribution in [1.82, 2.24) is 5.32 Å². The third-order valence-electron chi connectivity index (χ3n) is 3.59. The second-order valence-electron chi connectivity index (χ2n) is 5.16. The number of benzene rings is 1. The Morgan fingerprint density at radius 3 is 2.68 bits per heavy atom. The molecule has 0 radical (unpaired) electrons. The van der Waals surface area contributed by atoms with E-state index in [1.165, 1.54) is 32.1 Å². The van der Waals surface area contributed by atoms with Crippen LogP contribution in [0.2, 0.25) is 0 Å². The average molecular weight is 325 g/mol. The van der Waals surface area contributed by atoms with Gasteiger partial charge in [0.05, 0.1) is 12.2 Å². The van der Waals surface area contributed by atoms with Crippen molar-refractivity contribution in [2.75, 3.05) is 18.4 Å². The molecule has 0 aliphatic heterocycles. The van der Waals surface area contributed by atoms with Gasteiger partial charge in [-0.25, -0.2) is 0 Å². The monoisotopic (exact) mass is 324 g/mol. The van der Waals surface area contributed by atoms with E-state index >= 15 is 0 Å². The van der Waals surface area contributed by atoms with Gasteiger partial charge in [0.15, 0.2) is 0 Å². The number of amides is 1. The Morgan fingerprint density at radius 1 is 1.21 bits per heavy atom. The van der Waals surface area contributed by atoms with Crippen LogP contribution in [0.15, 0.2) is 28.7 Å². The van der Waals surface area contributed by atoms with Crippen LogP contribution in [0.5, 0.6) is 0 Å². The highest BCUT2D eigenvalue weighted by Gasteiger charge is 2.13. The van der Waals surface area contributed by atoms with Crippen LogP contribution in [0.1, 0.15) is 32.1 Å². The normalized spacial score (nSPS) is 16.3. The zero-order valence-corrected chi connectivity index (χ0v) is 12.7. The highest BCUT2D eigenvalue weighted by Crippen LogP contribution is 2.23. The lowest BCUT2D eigenvalue weighted by atomic mass is 9.89. The minimum Gasteiger partial charge on any atom is -0.324 e. The quantitative estimate of drug-likeness (QED) is 0.869. The van der Waals surface area contributed by atoms with Crippen LogP contribution in [0.25, 0.3) is 0 Å². The summed E-state index contributed by atoms with van der Waals surface area (Å²) in [6, 6.07) is 7.66. The molecule has 0 saturated heterocycles. The van der Waals surface area contributed by atoms with Crippen LogP contribution < -0.4 is 10.6 Å². The average Bonchev–Trinajstić information content (AvgIpc) is 2.43. The maximum Gasteiger partial charge on any atom is 0.238 e. The maximum atomic E-state index is 11.8. The summed E-state index contributed by atoms with van der Waals surface area (Å²) in [6.45, 7) is 1.35. The van der Waals surface area contributed by atoms with Gasteiger partial charge in [0.2, 0.25) is 5.91 Å². The summed E-state index contributed by atoms with van der Waals surface area (Å²) in [7, 11) is 0. The summed E-state index contributed by atoms with van der Waals surface area (Å²) in [5.41, 5.74) is 0.826. The number of hydrogen-bond acceptors (Lipinski definition) is 2. The van der Waals surface area contributed by atoms with Crippen LogP contribution in [-0.2, 0) is 4.79 Å². The van der Waals surface area contributed by atoms with Crippen molar-refractivity contribution in [2.45, 2.75) is 32.1 Å². The summed E-state index contributed by atoms with van der Waals surface area (Å²) in [6.07, 6.45) is 6.67. The molecule has 0 bridgehead atoms. The number of hydrogen-bond donors (Lipinski definition) is 2. The Labute approximate surface area is 123 Å². The molecule has 3 nitrogen and oxygen atoms in total. The first kappa shape index (κ1) is 14.5. The van der Waals surface area contributed by atoms with Gasteiger partial charge in [0, 0.05) is 4.47 Å². The molecule has 0 unspecified atom stereocenters. The van der Waals surface area contributed by atoms with Crippen molar-refractivity contribution >= 4 is 27.5 Å². The Morgan fingerprint density at radius 2 is 1.95 bits per heavy atom. The van der Waals surface area contributed by atoms with Crippen LogP contribution in [0.4, 0.5) is 5.69 Å². The molecule has 1 aliphatic carbocycles. The summed E-state index contributed by atoms with van der Waals surface area (Å²) < 4.78 is 0.913. The molecule has 0 aromatic heterocycles. The minimum atomic E-state index is 0.0164. The molecule has 1 aromatic carbocycles. The molecule has 1 saturated carbocycles. The second kappa shape index (κ2) is 7.65. The predicted octanol–water partition coefficient (Wildman–Crippen LogP) is 3.56. The zero-order valence-electron chi connectivity index (χ0n) is 11.1. The lowest BCUT2D eigenvalue weighted by Crippen LogP contribution is -2.32. The van der Waals surface area contributed by atoms with Crippen LogP contribution in [0, 0.1) is 5.92 Å². The standard InChI is InChI=1S/C15H21BrN2O/c16-13-8-4-5-9-14(13)18-15(19)11-17-10-12-6-2-1-3-7-12/h4-5,8-9,12,17H,1-3,6-7,10-11H2,(H,18,19). The summed E-state index contributed by atoms with van der Waals surface area (Å²) in [5.74, 6) is 0.771. The van der Waals surface area contributed by atoms with Crippen molar-refractivity contribution in [3.05, 3.63) is 28.7 Å². The number of anilines is 1. The number of carbonyl (C=O) groups is 1. The molecule has 2 rings (SSSR count). The van der Waals surface area contributed by atoms with Gasteiger partial charge in [-0.2, -0.15) is 0 Å². The van der Waals surface area contributed by atoms with Gasteiger partial charge in [-0.1, -0.05) is 31.4 Å². The number of carbonyl (C=O) groups excluding carboxylic acids is 1. The van der Waals surface area contributed by atoms with Gasteiger partial charge < -0.3 is 10.6 Å². The smallest absolute Gasteiger partial charge is 0.238 e. The van der Waals surface area contributed by atoms with Crippen molar-refractivity contribution in [3.8, 4) is 0 Å². The largest absolute Gasteiger partial charge is 0.324 e. The molecule has 0 heterocycles. The Kier molecular flexibility index (Phi) is 5.86. The molecule has 1 aromatic rings. The number of para-hydroxylation sites is 1. The van der Waals surface area contributed by atoms with Crippen molar-refractivity contribution in [2.24, 2.45) is 5.92 Å². The van der Waals surface area contributed by atoms with Crippen LogP contribution >= 0.6 is 15.9 Å². The summed E-state index contributed by atoms with van der Waals surface area (Å²) in [4.78, 5) is 11.8. The first-order valence-corrected chi connectivity index (χ1v) is 7.80. The Hall–Kier alpha value is -0.870. The molecule has 1 aliphatic rings. The molecule has 2 N–H and O–H groups in total. The molecule has 1 amide bonds. The van der Waals surface area contributed by atoms with Crippen molar-refractivity contribution in [1.29, 1.82) is 0 Å². The molecule has 104 valence electrons. The first-order valence-electron chi connectivity index (χ1n) is 7.01. The fourth-order valence-electron chi connectivity index (χ4n) is 2.54. The fraction of sp³-hybridized carbons (Fsp3) is 0.533. The fourth-order valence-corrected chi connectivity index (χ4v) is 2.92. The van der Waals surface area contributed by atoms with E-state index in [1.807, 2.05) is 24.3 Å². The van der Waals surface area contributed by atoms with E-state index in [0.29, 0.717) is 6.54 Å². The van der Waals surface area contributed by atoms with E-state index in [-0.39, 0.29) is 5.91 Å². The van der Waals surface area contributed by atoms with Gasteiger partial charge in [-0.15, -0.1) is 0 Å². The van der Waals surface area contributed by atoms with E-state index in [9.17, 15) is 4.79 Å². The maximum absolute atomic E-state index is 11.8. The molecule has 0 atom stereocenters. The Bertz CT molecular complexity index is 416. The number of rotatable bonds is 5. The topological polar surface area (TPSA) is 41.1 Å². The van der Waals surface area contributed by atoms with E-state index in [0.717, 1.165) is 22.6 Å².